The molecule has 0 aliphatic carbocycles. The number of urea groups is 1. The highest BCUT2D eigenvalue weighted by Gasteiger charge is 2.22. The van der Waals surface area contributed by atoms with Gasteiger partial charge in [0.25, 0.3) is 5.91 Å². The summed E-state index contributed by atoms with van der Waals surface area (Å²) in [4.78, 5) is 26.2. The van der Waals surface area contributed by atoms with Crippen molar-refractivity contribution in [2.75, 3.05) is 32.5 Å². The van der Waals surface area contributed by atoms with Gasteiger partial charge in [0, 0.05) is 22.2 Å². The number of amides is 3. The summed E-state index contributed by atoms with van der Waals surface area (Å²) in [6.07, 6.45) is 4.15. The van der Waals surface area contributed by atoms with Crippen LogP contribution in [-0.4, -0.2) is 48.4 Å². The van der Waals surface area contributed by atoms with Crippen molar-refractivity contribution < 1.29 is 14.3 Å². The van der Waals surface area contributed by atoms with E-state index in [4.69, 9.17) is 33.7 Å². The van der Waals surface area contributed by atoms with Crippen molar-refractivity contribution in [2.45, 2.75) is 32.3 Å². The van der Waals surface area contributed by atoms with Gasteiger partial charge in [0.15, 0.2) is 0 Å². The highest BCUT2D eigenvalue weighted by molar-refractivity contribution is 7.11. The summed E-state index contributed by atoms with van der Waals surface area (Å²) in [5, 5.41) is 6.60. The van der Waals surface area contributed by atoms with E-state index in [1.165, 1.54) is 0 Å². The second-order valence-electron chi connectivity index (χ2n) is 7.18. The van der Waals surface area contributed by atoms with Crippen LogP contribution in [0.25, 0.3) is 0 Å². The number of benzene rings is 1. The van der Waals surface area contributed by atoms with E-state index in [0.717, 1.165) is 43.8 Å². The van der Waals surface area contributed by atoms with E-state index in [9.17, 15) is 9.59 Å². The molecule has 0 radical (unpaired) electrons. The van der Waals surface area contributed by atoms with Crippen molar-refractivity contribution in [3.05, 3.63) is 39.4 Å². The first kappa shape index (κ1) is 25.2. The van der Waals surface area contributed by atoms with Crippen LogP contribution in [0.4, 0.5) is 9.80 Å². The van der Waals surface area contributed by atoms with Gasteiger partial charge in [0.2, 0.25) is 5.88 Å². The van der Waals surface area contributed by atoms with E-state index in [0.29, 0.717) is 22.2 Å². The van der Waals surface area contributed by atoms with Crippen LogP contribution in [-0.2, 0) is 6.61 Å². The number of nitrogens with zero attached hydrogens (tertiary/aromatic N) is 2. The normalized spacial score (nSPS) is 10.9. The van der Waals surface area contributed by atoms with Gasteiger partial charge in [-0.1, -0.05) is 36.0 Å². The molecule has 2 aromatic rings. The fraction of sp³-hybridized carbons (Fsp3) is 0.450. The van der Waals surface area contributed by atoms with Crippen LogP contribution >= 0.6 is 34.7 Å². The highest BCUT2D eigenvalue weighted by atomic mass is 35.5. The number of carbonyl (C=O) groups is 2. The van der Waals surface area contributed by atoms with E-state index in [2.05, 4.69) is 34.0 Å². The van der Waals surface area contributed by atoms with E-state index in [-0.39, 0.29) is 23.1 Å². The predicted molar refractivity (Wildman–Crippen MR) is 125 cm³/mol. The molecule has 1 aromatic heterocycles. The zero-order valence-electron chi connectivity index (χ0n) is 17.5. The second kappa shape index (κ2) is 12.7. The van der Waals surface area contributed by atoms with Crippen LogP contribution in [0.5, 0.6) is 5.88 Å². The van der Waals surface area contributed by atoms with Crippen molar-refractivity contribution in [1.29, 1.82) is 0 Å². The zero-order chi connectivity index (χ0) is 22.8. The van der Waals surface area contributed by atoms with Gasteiger partial charge in [-0.05, 0) is 63.2 Å². The highest BCUT2D eigenvalue weighted by Crippen LogP contribution is 2.31. The molecule has 8 nitrogen and oxygen atoms in total. The number of rotatable bonds is 12. The van der Waals surface area contributed by atoms with Crippen molar-refractivity contribution in [2.24, 2.45) is 5.73 Å². The molecule has 4 N–H and O–H groups in total. The van der Waals surface area contributed by atoms with E-state index >= 15 is 0 Å². The number of nitrogens with one attached hydrogen (secondary N) is 2. The molecule has 0 saturated heterocycles. The van der Waals surface area contributed by atoms with Gasteiger partial charge in [0.1, 0.15) is 17.2 Å². The third-order valence-corrected chi connectivity index (χ3v) is 5.67. The van der Waals surface area contributed by atoms with Crippen LogP contribution in [0.15, 0.2) is 18.2 Å². The maximum atomic E-state index is 12.2. The Morgan fingerprint density at radius 3 is 2.65 bits per heavy atom. The van der Waals surface area contributed by atoms with Crippen molar-refractivity contribution in [1.82, 2.24) is 14.6 Å². The molecule has 31 heavy (non-hydrogen) atoms. The van der Waals surface area contributed by atoms with Crippen LogP contribution < -0.4 is 21.1 Å². The summed E-state index contributed by atoms with van der Waals surface area (Å²) in [5.41, 5.74) is 6.12. The number of anilines is 1. The molecular weight excluding hydrogens is 461 g/mol. The Kier molecular flexibility index (Phi) is 10.3. The third-order valence-electron chi connectivity index (χ3n) is 4.32. The van der Waals surface area contributed by atoms with Crippen LogP contribution in [0.1, 0.15) is 41.6 Å². The van der Waals surface area contributed by atoms with Crippen LogP contribution in [0.3, 0.4) is 0 Å². The van der Waals surface area contributed by atoms with Crippen molar-refractivity contribution >= 4 is 51.7 Å². The fourth-order valence-corrected chi connectivity index (χ4v) is 3.84. The van der Waals surface area contributed by atoms with Crippen molar-refractivity contribution in [3.63, 3.8) is 0 Å². The fourth-order valence-electron chi connectivity index (χ4n) is 2.73. The largest absolute Gasteiger partial charge is 0.472 e. The Balaban J connectivity index is 1.86. The topological polar surface area (TPSA) is 110 Å². The number of unbranched alkanes of at least 4 members (excludes halogenated alkanes) is 3. The van der Waals surface area contributed by atoms with Gasteiger partial charge in [-0.3, -0.25) is 10.1 Å². The molecule has 0 atom stereocenters. The third kappa shape index (κ3) is 8.53. The smallest absolute Gasteiger partial charge is 0.319 e. The summed E-state index contributed by atoms with van der Waals surface area (Å²) in [6.45, 7) is 1.64. The van der Waals surface area contributed by atoms with Gasteiger partial charge in [-0.2, -0.15) is 4.37 Å². The van der Waals surface area contributed by atoms with Gasteiger partial charge in [0.05, 0.1) is 0 Å². The average Bonchev–Trinajstić information content (AvgIpc) is 3.10. The first-order valence-electron chi connectivity index (χ1n) is 9.83. The Bertz CT molecular complexity index is 892. The summed E-state index contributed by atoms with van der Waals surface area (Å²) in [6, 6.07) is 4.55. The average molecular weight is 488 g/mol. The minimum Gasteiger partial charge on any atom is -0.472 e. The molecule has 0 saturated carbocycles. The molecule has 3 amide bonds. The molecule has 0 aliphatic rings. The lowest BCUT2D eigenvalue weighted by Gasteiger charge is -2.09. The lowest BCUT2D eigenvalue weighted by molar-refractivity contribution is 0.0996. The number of hydrogen-bond acceptors (Lipinski definition) is 6. The first-order chi connectivity index (χ1) is 14.8. The number of carbonyl (C=O) groups excluding carboxylic acids is 2. The number of nitrogens with two attached hydrogens (primary N) is 1. The number of aromatic nitrogens is 1. The summed E-state index contributed by atoms with van der Waals surface area (Å²) in [5.74, 6) is -0.720. The van der Waals surface area contributed by atoms with Crippen molar-refractivity contribution in [3.8, 4) is 5.88 Å². The minimum atomic E-state index is -0.753. The summed E-state index contributed by atoms with van der Waals surface area (Å²) >= 11 is 13.0. The standard InChI is InChI=1S/C20H27Cl2N5O3S/c1-27(2)10-6-4-3-5-9-24-20(29)25-19-16(17(23)28)18(26-31-19)30-12-13-11-14(21)7-8-15(13)22/h7-8,11H,3-6,9-10,12H2,1-2H3,(H2,23,28)(H2,24,25,29). The Labute approximate surface area is 196 Å². The quantitative estimate of drug-likeness (QED) is 0.385. The molecule has 2 rings (SSSR count). The molecule has 0 bridgehead atoms. The monoisotopic (exact) mass is 487 g/mol. The lowest BCUT2D eigenvalue weighted by atomic mass is 10.2. The summed E-state index contributed by atoms with van der Waals surface area (Å²) < 4.78 is 9.71. The number of ether oxygens (including phenoxy) is 1. The molecule has 11 heteroatoms. The molecule has 1 heterocycles. The van der Waals surface area contributed by atoms with Gasteiger partial charge in [-0.15, -0.1) is 0 Å². The molecule has 0 spiro atoms. The van der Waals surface area contributed by atoms with Gasteiger partial charge in [-0.25, -0.2) is 4.79 Å². The number of primary amides is 1. The molecule has 170 valence electrons. The predicted octanol–water partition coefficient (Wildman–Crippen LogP) is 4.37. The Morgan fingerprint density at radius 1 is 1.19 bits per heavy atom. The Morgan fingerprint density at radius 2 is 1.94 bits per heavy atom. The van der Waals surface area contributed by atoms with Gasteiger partial charge < -0.3 is 20.7 Å². The van der Waals surface area contributed by atoms with E-state index < -0.39 is 11.9 Å². The first-order valence-corrected chi connectivity index (χ1v) is 11.4. The molecular formula is C20H27Cl2N5O3S. The summed E-state index contributed by atoms with van der Waals surface area (Å²) in [7, 11) is 4.10. The van der Waals surface area contributed by atoms with E-state index in [1.807, 2.05) is 0 Å². The maximum Gasteiger partial charge on any atom is 0.319 e. The molecule has 0 fully saturated rings. The lowest BCUT2D eigenvalue weighted by Crippen LogP contribution is -2.30. The molecule has 0 unspecified atom stereocenters. The Hall–Kier alpha value is -2.07. The number of hydrogen-bond donors (Lipinski definition) is 3. The number of halogens is 2. The van der Waals surface area contributed by atoms with Crippen LogP contribution in [0, 0.1) is 0 Å². The SMILES string of the molecule is CN(C)CCCCCCNC(=O)Nc1snc(OCc2cc(Cl)ccc2Cl)c1C(N)=O. The van der Waals surface area contributed by atoms with E-state index in [1.54, 1.807) is 18.2 Å². The minimum absolute atomic E-state index is 0.0157. The second-order valence-corrected chi connectivity index (χ2v) is 8.80. The maximum absolute atomic E-state index is 12.2. The molecule has 1 aromatic carbocycles. The molecule has 0 aliphatic heterocycles. The zero-order valence-corrected chi connectivity index (χ0v) is 19.9. The van der Waals surface area contributed by atoms with Gasteiger partial charge >= 0.3 is 6.03 Å². The van der Waals surface area contributed by atoms with Crippen LogP contribution in [0.2, 0.25) is 10.0 Å².